The lowest BCUT2D eigenvalue weighted by atomic mass is 10.1. The Hall–Kier alpha value is -2.91. The minimum absolute atomic E-state index is 0.266. The molecule has 6 nitrogen and oxygen atoms in total. The summed E-state index contributed by atoms with van der Waals surface area (Å²) in [5, 5.41) is 9.52. The van der Waals surface area contributed by atoms with Gasteiger partial charge in [0.15, 0.2) is 0 Å². The second-order valence-electron chi connectivity index (χ2n) is 6.54. The smallest absolute Gasteiger partial charge is 0.409 e. The number of rotatable bonds is 6. The Morgan fingerprint density at radius 1 is 1.15 bits per heavy atom. The zero-order valence-corrected chi connectivity index (χ0v) is 15.3. The van der Waals surface area contributed by atoms with E-state index >= 15 is 0 Å². The molecule has 0 spiro atoms. The number of ether oxygens (including phenoxy) is 1. The van der Waals surface area contributed by atoms with Crippen LogP contribution in [0, 0.1) is 11.3 Å². The van der Waals surface area contributed by atoms with Crippen LogP contribution in [0.5, 0.6) is 0 Å². The summed E-state index contributed by atoms with van der Waals surface area (Å²) in [6.07, 6.45) is 4.87. The van der Waals surface area contributed by atoms with Crippen molar-refractivity contribution in [2.45, 2.75) is 18.9 Å². The predicted octanol–water partition coefficient (Wildman–Crippen LogP) is 3.03. The molecule has 1 unspecified atom stereocenters. The number of pyridine rings is 1. The van der Waals surface area contributed by atoms with Crippen LogP contribution >= 0.6 is 0 Å². The molecule has 1 aromatic carbocycles. The fraction of sp³-hybridized carbons (Fsp3) is 0.381. The van der Waals surface area contributed by atoms with Gasteiger partial charge < -0.3 is 9.64 Å². The molecule has 1 amide bonds. The average molecular weight is 364 g/mol. The molecule has 3 rings (SSSR count). The van der Waals surface area contributed by atoms with Crippen molar-refractivity contribution in [3.63, 3.8) is 0 Å². The van der Waals surface area contributed by atoms with Crippen molar-refractivity contribution >= 4 is 6.09 Å². The van der Waals surface area contributed by atoms with Crippen molar-refractivity contribution in [2.75, 3.05) is 32.8 Å². The van der Waals surface area contributed by atoms with E-state index in [1.807, 2.05) is 30.3 Å². The summed E-state index contributed by atoms with van der Waals surface area (Å²) in [5.74, 6) is 0. The molecule has 0 bridgehead atoms. The van der Waals surface area contributed by atoms with Crippen LogP contribution in [0.3, 0.4) is 0 Å². The van der Waals surface area contributed by atoms with Crippen LogP contribution in [0.25, 0.3) is 0 Å². The van der Waals surface area contributed by atoms with Crippen molar-refractivity contribution in [2.24, 2.45) is 0 Å². The molecule has 1 aliphatic heterocycles. The zero-order valence-electron chi connectivity index (χ0n) is 15.3. The third kappa shape index (κ3) is 5.28. The van der Waals surface area contributed by atoms with Crippen LogP contribution in [-0.2, 0) is 11.2 Å². The van der Waals surface area contributed by atoms with E-state index in [2.05, 4.69) is 28.1 Å². The maximum absolute atomic E-state index is 12.2. The quantitative estimate of drug-likeness (QED) is 0.737. The van der Waals surface area contributed by atoms with E-state index in [1.54, 1.807) is 17.3 Å². The van der Waals surface area contributed by atoms with Crippen LogP contribution in [0.2, 0.25) is 0 Å². The van der Waals surface area contributed by atoms with Gasteiger partial charge in [-0.3, -0.25) is 9.88 Å². The van der Waals surface area contributed by atoms with Crippen molar-refractivity contribution in [3.8, 4) is 6.07 Å². The number of carbonyl (C=O) groups excluding carboxylic acids is 1. The minimum atomic E-state index is -0.331. The standard InChI is InChI=1S/C21H24N4O2/c22-16-20(19-9-4-10-23-17-19)24-11-13-25(14-12-24)21(26)27-15-5-8-18-6-2-1-3-7-18/h1-4,6-7,9-10,17,20H,5,8,11-15H2. The minimum Gasteiger partial charge on any atom is -0.449 e. The lowest BCUT2D eigenvalue weighted by Crippen LogP contribution is -2.49. The van der Waals surface area contributed by atoms with E-state index in [4.69, 9.17) is 4.74 Å². The fourth-order valence-corrected chi connectivity index (χ4v) is 3.24. The normalized spacial score (nSPS) is 15.7. The highest BCUT2D eigenvalue weighted by atomic mass is 16.6. The number of carbonyl (C=O) groups is 1. The molecule has 6 heteroatoms. The summed E-state index contributed by atoms with van der Waals surface area (Å²) in [5.41, 5.74) is 2.14. The number of aryl methyl sites for hydroxylation is 1. The van der Waals surface area contributed by atoms with Crippen LogP contribution in [0.15, 0.2) is 54.9 Å². The Morgan fingerprint density at radius 2 is 1.93 bits per heavy atom. The number of benzene rings is 1. The molecule has 1 aliphatic rings. The molecule has 1 fully saturated rings. The van der Waals surface area contributed by atoms with E-state index < -0.39 is 0 Å². The van der Waals surface area contributed by atoms with Gasteiger partial charge in [0, 0.05) is 44.1 Å². The van der Waals surface area contributed by atoms with Crippen molar-refractivity contribution in [3.05, 3.63) is 66.0 Å². The zero-order chi connectivity index (χ0) is 18.9. The van der Waals surface area contributed by atoms with Crippen LogP contribution in [-0.4, -0.2) is 53.7 Å². The average Bonchev–Trinajstić information content (AvgIpc) is 2.74. The summed E-state index contributed by atoms with van der Waals surface area (Å²) < 4.78 is 5.40. The van der Waals surface area contributed by atoms with Crippen LogP contribution in [0.1, 0.15) is 23.6 Å². The Kier molecular flexibility index (Phi) is 6.78. The molecule has 2 aromatic rings. The van der Waals surface area contributed by atoms with Gasteiger partial charge in [-0.2, -0.15) is 5.26 Å². The van der Waals surface area contributed by atoms with E-state index in [-0.39, 0.29) is 12.1 Å². The molecule has 27 heavy (non-hydrogen) atoms. The van der Waals surface area contributed by atoms with Gasteiger partial charge in [0.2, 0.25) is 0 Å². The van der Waals surface area contributed by atoms with E-state index in [9.17, 15) is 10.1 Å². The molecular formula is C21H24N4O2. The Bertz CT molecular complexity index is 753. The number of hydrogen-bond acceptors (Lipinski definition) is 5. The molecule has 0 aliphatic carbocycles. The second-order valence-corrected chi connectivity index (χ2v) is 6.54. The third-order valence-corrected chi connectivity index (χ3v) is 4.74. The van der Waals surface area contributed by atoms with E-state index in [0.29, 0.717) is 32.8 Å². The maximum Gasteiger partial charge on any atom is 0.409 e. The molecule has 1 aromatic heterocycles. The molecule has 1 atom stereocenters. The summed E-state index contributed by atoms with van der Waals surface area (Å²) in [6.45, 7) is 2.84. The second kappa shape index (κ2) is 9.70. The Balaban J connectivity index is 1.40. The first-order chi connectivity index (χ1) is 13.3. The summed E-state index contributed by atoms with van der Waals surface area (Å²) in [4.78, 5) is 20.1. The molecule has 0 saturated carbocycles. The molecular weight excluding hydrogens is 340 g/mol. The van der Waals surface area contributed by atoms with Gasteiger partial charge in [0.1, 0.15) is 6.04 Å². The van der Waals surface area contributed by atoms with Crippen LogP contribution in [0.4, 0.5) is 4.79 Å². The number of nitriles is 1. The molecule has 2 heterocycles. The van der Waals surface area contributed by atoms with Crippen molar-refractivity contribution in [1.82, 2.24) is 14.8 Å². The van der Waals surface area contributed by atoms with Gasteiger partial charge in [-0.1, -0.05) is 36.4 Å². The van der Waals surface area contributed by atoms with Gasteiger partial charge in [0.25, 0.3) is 0 Å². The first-order valence-electron chi connectivity index (χ1n) is 9.27. The van der Waals surface area contributed by atoms with E-state index in [1.165, 1.54) is 5.56 Å². The molecule has 0 N–H and O–H groups in total. The maximum atomic E-state index is 12.2. The van der Waals surface area contributed by atoms with E-state index in [0.717, 1.165) is 18.4 Å². The largest absolute Gasteiger partial charge is 0.449 e. The Morgan fingerprint density at radius 3 is 2.59 bits per heavy atom. The lowest BCUT2D eigenvalue weighted by molar-refractivity contribution is 0.0697. The topological polar surface area (TPSA) is 69.5 Å². The van der Waals surface area contributed by atoms with Gasteiger partial charge in [-0.25, -0.2) is 4.79 Å². The fourth-order valence-electron chi connectivity index (χ4n) is 3.24. The highest BCUT2D eigenvalue weighted by Crippen LogP contribution is 2.20. The predicted molar refractivity (Wildman–Crippen MR) is 102 cm³/mol. The van der Waals surface area contributed by atoms with Crippen LogP contribution < -0.4 is 0 Å². The highest BCUT2D eigenvalue weighted by molar-refractivity contribution is 5.67. The SMILES string of the molecule is N#CC(c1cccnc1)N1CCN(C(=O)OCCCc2ccccc2)CC1. The summed E-state index contributed by atoms with van der Waals surface area (Å²) >= 11 is 0. The first kappa shape index (κ1) is 18.9. The first-order valence-corrected chi connectivity index (χ1v) is 9.27. The number of amides is 1. The van der Waals surface area contributed by atoms with Gasteiger partial charge in [-0.15, -0.1) is 0 Å². The van der Waals surface area contributed by atoms with Gasteiger partial charge >= 0.3 is 6.09 Å². The van der Waals surface area contributed by atoms with Gasteiger partial charge in [0.05, 0.1) is 12.7 Å². The number of piperazine rings is 1. The molecule has 140 valence electrons. The number of hydrogen-bond donors (Lipinski definition) is 0. The summed E-state index contributed by atoms with van der Waals surface area (Å²) in [7, 11) is 0. The molecule has 0 radical (unpaired) electrons. The third-order valence-electron chi connectivity index (χ3n) is 4.74. The summed E-state index contributed by atoms with van der Waals surface area (Å²) in [6, 6.07) is 15.9. The lowest BCUT2D eigenvalue weighted by Gasteiger charge is -2.36. The number of aromatic nitrogens is 1. The monoisotopic (exact) mass is 364 g/mol. The van der Waals surface area contributed by atoms with Crippen molar-refractivity contribution in [1.29, 1.82) is 5.26 Å². The van der Waals surface area contributed by atoms with Crippen molar-refractivity contribution < 1.29 is 9.53 Å². The Labute approximate surface area is 160 Å². The number of nitrogens with zero attached hydrogens (tertiary/aromatic N) is 4. The highest BCUT2D eigenvalue weighted by Gasteiger charge is 2.27. The molecule has 1 saturated heterocycles. The van der Waals surface area contributed by atoms with Gasteiger partial charge in [-0.05, 0) is 24.5 Å².